The summed E-state index contributed by atoms with van der Waals surface area (Å²) in [5.41, 5.74) is 1.73. The first-order valence-corrected chi connectivity index (χ1v) is 8.93. The number of nitro groups is 1. The molecule has 2 heterocycles. The monoisotopic (exact) mass is 370 g/mol. The first-order valence-electron chi connectivity index (χ1n) is 8.05. The maximum absolute atomic E-state index is 12.5. The van der Waals surface area contributed by atoms with Crippen LogP contribution in [0.5, 0.6) is 0 Å². The third-order valence-electron chi connectivity index (χ3n) is 4.01. The number of hydrogen-bond donors (Lipinski definition) is 1. The Morgan fingerprint density at radius 2 is 2.08 bits per heavy atom. The SMILES string of the molecule is Cc1cc(C)n(C(CNC(=O)c2ccccc2[N+](=O)[O-])c2cccs2)n1. The van der Waals surface area contributed by atoms with Crippen molar-refractivity contribution in [2.45, 2.75) is 19.9 Å². The summed E-state index contributed by atoms with van der Waals surface area (Å²) in [4.78, 5) is 24.2. The summed E-state index contributed by atoms with van der Waals surface area (Å²) < 4.78 is 1.88. The number of carbonyl (C=O) groups excluding carboxylic acids is 1. The van der Waals surface area contributed by atoms with Gasteiger partial charge in [-0.3, -0.25) is 19.6 Å². The molecular formula is C18H18N4O3S. The third-order valence-corrected chi connectivity index (χ3v) is 4.99. The van der Waals surface area contributed by atoms with E-state index in [1.165, 1.54) is 12.1 Å². The quantitative estimate of drug-likeness (QED) is 0.531. The molecule has 0 aliphatic heterocycles. The summed E-state index contributed by atoms with van der Waals surface area (Å²) in [5.74, 6) is -0.472. The van der Waals surface area contributed by atoms with E-state index in [-0.39, 0.29) is 23.8 Å². The second-order valence-electron chi connectivity index (χ2n) is 5.89. The van der Waals surface area contributed by atoms with Gasteiger partial charge in [0.15, 0.2) is 0 Å². The largest absolute Gasteiger partial charge is 0.349 e. The summed E-state index contributed by atoms with van der Waals surface area (Å²) in [6.45, 7) is 4.17. The molecule has 0 radical (unpaired) electrons. The number of amides is 1. The molecule has 0 saturated carbocycles. The molecule has 0 aliphatic rings. The fourth-order valence-corrected chi connectivity index (χ4v) is 3.67. The highest BCUT2D eigenvalue weighted by Crippen LogP contribution is 2.24. The predicted octanol–water partition coefficient (Wildman–Crippen LogP) is 3.49. The average Bonchev–Trinajstić information content (AvgIpc) is 3.25. The molecule has 3 rings (SSSR count). The van der Waals surface area contributed by atoms with Gasteiger partial charge >= 0.3 is 0 Å². The van der Waals surface area contributed by atoms with E-state index in [2.05, 4.69) is 10.4 Å². The van der Waals surface area contributed by atoms with E-state index in [1.54, 1.807) is 23.5 Å². The van der Waals surface area contributed by atoms with Gasteiger partial charge in [0.25, 0.3) is 11.6 Å². The van der Waals surface area contributed by atoms with Crippen LogP contribution in [0.15, 0.2) is 47.8 Å². The summed E-state index contributed by atoms with van der Waals surface area (Å²) in [7, 11) is 0. The lowest BCUT2D eigenvalue weighted by molar-refractivity contribution is -0.385. The van der Waals surface area contributed by atoms with Crippen LogP contribution in [0.2, 0.25) is 0 Å². The molecular weight excluding hydrogens is 352 g/mol. The number of para-hydroxylation sites is 1. The lowest BCUT2D eigenvalue weighted by Crippen LogP contribution is -2.32. The number of hydrogen-bond acceptors (Lipinski definition) is 5. The van der Waals surface area contributed by atoms with Crippen LogP contribution >= 0.6 is 11.3 Å². The summed E-state index contributed by atoms with van der Waals surface area (Å²) in [6.07, 6.45) is 0. The molecule has 2 aromatic heterocycles. The minimum Gasteiger partial charge on any atom is -0.349 e. The van der Waals surface area contributed by atoms with Crippen molar-refractivity contribution in [3.63, 3.8) is 0 Å². The van der Waals surface area contributed by atoms with Crippen molar-refractivity contribution < 1.29 is 9.72 Å². The van der Waals surface area contributed by atoms with Crippen LogP contribution in [0.3, 0.4) is 0 Å². The summed E-state index contributed by atoms with van der Waals surface area (Å²) in [6, 6.07) is 11.7. The number of carbonyl (C=O) groups is 1. The topological polar surface area (TPSA) is 90.1 Å². The highest BCUT2D eigenvalue weighted by Gasteiger charge is 2.22. The molecule has 0 fully saturated rings. The Bertz CT molecular complexity index is 934. The lowest BCUT2D eigenvalue weighted by atomic mass is 10.1. The fourth-order valence-electron chi connectivity index (χ4n) is 2.86. The standard InChI is InChI=1S/C18H18N4O3S/c1-12-10-13(2)21(20-12)16(17-8-5-9-26-17)11-19-18(23)14-6-3-4-7-15(14)22(24)25/h3-10,16H,11H2,1-2H3,(H,19,23). The second-order valence-corrected chi connectivity index (χ2v) is 6.87. The van der Waals surface area contributed by atoms with Gasteiger partial charge in [0.2, 0.25) is 0 Å². The van der Waals surface area contributed by atoms with Crippen LogP contribution in [0.25, 0.3) is 0 Å². The van der Waals surface area contributed by atoms with Crippen LogP contribution in [0, 0.1) is 24.0 Å². The molecule has 3 aromatic rings. The number of thiophene rings is 1. The van der Waals surface area contributed by atoms with E-state index in [0.717, 1.165) is 16.3 Å². The number of aromatic nitrogens is 2. The Balaban J connectivity index is 1.84. The maximum atomic E-state index is 12.5. The number of nitrogens with zero attached hydrogens (tertiary/aromatic N) is 3. The second kappa shape index (κ2) is 7.49. The van der Waals surface area contributed by atoms with Crippen molar-refractivity contribution in [2.75, 3.05) is 6.54 Å². The van der Waals surface area contributed by atoms with E-state index >= 15 is 0 Å². The van der Waals surface area contributed by atoms with Gasteiger partial charge in [0.05, 0.1) is 10.6 Å². The molecule has 1 amide bonds. The zero-order valence-corrected chi connectivity index (χ0v) is 15.2. The third kappa shape index (κ3) is 3.65. The highest BCUT2D eigenvalue weighted by atomic mass is 32.1. The van der Waals surface area contributed by atoms with Gasteiger partial charge in [-0.2, -0.15) is 5.10 Å². The van der Waals surface area contributed by atoms with Gasteiger partial charge in [0.1, 0.15) is 11.6 Å². The fraction of sp³-hybridized carbons (Fsp3) is 0.222. The Kier molecular flexibility index (Phi) is 5.13. The molecule has 26 heavy (non-hydrogen) atoms. The molecule has 1 atom stereocenters. The summed E-state index contributed by atoms with van der Waals surface area (Å²) >= 11 is 1.58. The van der Waals surface area contributed by atoms with Gasteiger partial charge in [-0.05, 0) is 37.4 Å². The first kappa shape index (κ1) is 17.8. The van der Waals surface area contributed by atoms with Gasteiger partial charge in [-0.25, -0.2) is 0 Å². The van der Waals surface area contributed by atoms with Gasteiger partial charge in [-0.1, -0.05) is 18.2 Å². The molecule has 0 aliphatic carbocycles. The Hall–Kier alpha value is -3.00. The molecule has 1 unspecified atom stereocenters. The average molecular weight is 370 g/mol. The van der Waals surface area contributed by atoms with Crippen molar-refractivity contribution >= 4 is 22.9 Å². The zero-order chi connectivity index (χ0) is 18.7. The first-order chi connectivity index (χ1) is 12.5. The van der Waals surface area contributed by atoms with E-state index < -0.39 is 10.8 Å². The number of benzene rings is 1. The molecule has 1 N–H and O–H groups in total. The van der Waals surface area contributed by atoms with E-state index in [4.69, 9.17) is 0 Å². The van der Waals surface area contributed by atoms with Crippen molar-refractivity contribution in [1.82, 2.24) is 15.1 Å². The Labute approximate surface area is 154 Å². The Morgan fingerprint density at radius 1 is 1.31 bits per heavy atom. The number of nitro benzene ring substituents is 1. The van der Waals surface area contributed by atoms with Crippen molar-refractivity contribution in [2.24, 2.45) is 0 Å². The van der Waals surface area contributed by atoms with Crippen LogP contribution in [-0.2, 0) is 0 Å². The Morgan fingerprint density at radius 3 is 2.69 bits per heavy atom. The van der Waals surface area contributed by atoms with Crippen molar-refractivity contribution in [1.29, 1.82) is 0 Å². The number of aryl methyl sites for hydroxylation is 2. The van der Waals surface area contributed by atoms with Gasteiger partial charge in [0, 0.05) is 23.2 Å². The molecule has 134 valence electrons. The van der Waals surface area contributed by atoms with Crippen LogP contribution in [-0.4, -0.2) is 27.2 Å². The molecule has 8 heteroatoms. The van der Waals surface area contributed by atoms with Crippen molar-refractivity contribution in [3.8, 4) is 0 Å². The lowest BCUT2D eigenvalue weighted by Gasteiger charge is -2.19. The molecule has 1 aromatic carbocycles. The zero-order valence-electron chi connectivity index (χ0n) is 14.4. The minimum absolute atomic E-state index is 0.0517. The van der Waals surface area contributed by atoms with E-state index in [1.807, 2.05) is 42.1 Å². The maximum Gasteiger partial charge on any atom is 0.282 e. The molecule has 7 nitrogen and oxygen atoms in total. The van der Waals surface area contributed by atoms with Crippen LogP contribution in [0.4, 0.5) is 5.69 Å². The minimum atomic E-state index is -0.549. The van der Waals surface area contributed by atoms with E-state index in [0.29, 0.717) is 0 Å². The predicted molar refractivity (Wildman–Crippen MR) is 99.6 cm³/mol. The molecule has 0 bridgehead atoms. The summed E-state index contributed by atoms with van der Waals surface area (Å²) in [5, 5.41) is 20.5. The van der Waals surface area contributed by atoms with Crippen molar-refractivity contribution in [3.05, 3.63) is 79.8 Å². The highest BCUT2D eigenvalue weighted by molar-refractivity contribution is 7.10. The smallest absolute Gasteiger partial charge is 0.282 e. The van der Waals surface area contributed by atoms with Crippen LogP contribution in [0.1, 0.15) is 32.7 Å². The molecule has 0 spiro atoms. The number of nitrogens with one attached hydrogen (secondary N) is 1. The van der Waals surface area contributed by atoms with Gasteiger partial charge < -0.3 is 5.32 Å². The van der Waals surface area contributed by atoms with Gasteiger partial charge in [-0.15, -0.1) is 11.3 Å². The van der Waals surface area contributed by atoms with Crippen LogP contribution < -0.4 is 5.32 Å². The molecule has 0 saturated heterocycles. The number of rotatable bonds is 6. The normalized spacial score (nSPS) is 11.9. The van der Waals surface area contributed by atoms with E-state index in [9.17, 15) is 14.9 Å².